The van der Waals surface area contributed by atoms with E-state index in [2.05, 4.69) is 24.1 Å². The van der Waals surface area contributed by atoms with E-state index >= 15 is 0 Å². The smallest absolute Gasteiger partial charge is 0.0791 e. The van der Waals surface area contributed by atoms with Gasteiger partial charge in [0.2, 0.25) is 0 Å². The van der Waals surface area contributed by atoms with Crippen molar-refractivity contribution < 1.29 is 10.2 Å². The summed E-state index contributed by atoms with van der Waals surface area (Å²) in [6, 6.07) is 0. The van der Waals surface area contributed by atoms with Gasteiger partial charge < -0.3 is 20.4 Å². The molecule has 0 aromatic rings. The summed E-state index contributed by atoms with van der Waals surface area (Å²) in [5, 5.41) is 22.0. The molecule has 0 aliphatic rings. The van der Waals surface area contributed by atoms with E-state index in [0.29, 0.717) is 19.5 Å². The molecule has 0 amide bonds. The van der Waals surface area contributed by atoms with Crippen LogP contribution in [0.25, 0.3) is 0 Å². The van der Waals surface area contributed by atoms with Crippen molar-refractivity contribution >= 4 is 0 Å². The predicted molar refractivity (Wildman–Crippen MR) is 67.6 cm³/mol. The van der Waals surface area contributed by atoms with Crippen LogP contribution < -0.4 is 5.32 Å². The largest absolute Gasteiger partial charge is 0.396 e. The van der Waals surface area contributed by atoms with Gasteiger partial charge in [-0.1, -0.05) is 13.8 Å². The molecule has 0 aromatic heterocycles. The van der Waals surface area contributed by atoms with E-state index in [1.807, 2.05) is 13.8 Å². The van der Waals surface area contributed by atoms with Gasteiger partial charge in [-0.3, -0.25) is 0 Å². The Hall–Kier alpha value is -0.160. The molecule has 98 valence electrons. The molecule has 0 spiro atoms. The third-order valence-corrected chi connectivity index (χ3v) is 2.92. The Morgan fingerprint density at radius 2 is 1.81 bits per heavy atom. The highest BCUT2D eigenvalue weighted by Crippen LogP contribution is 2.07. The monoisotopic (exact) mass is 232 g/mol. The minimum atomic E-state index is -0.349. The fourth-order valence-electron chi connectivity index (χ4n) is 1.61. The van der Waals surface area contributed by atoms with Crippen LogP contribution in [0.2, 0.25) is 0 Å². The predicted octanol–water partition coefficient (Wildman–Crippen LogP) is 0.440. The Labute approximate surface area is 99.7 Å². The topological polar surface area (TPSA) is 55.7 Å². The first-order valence-electron chi connectivity index (χ1n) is 6.21. The third kappa shape index (κ3) is 7.17. The van der Waals surface area contributed by atoms with Crippen molar-refractivity contribution in [1.82, 2.24) is 10.2 Å². The van der Waals surface area contributed by atoms with Crippen molar-refractivity contribution in [3.8, 4) is 0 Å². The molecule has 1 unspecified atom stereocenters. The Bertz CT molecular complexity index is 170. The highest BCUT2D eigenvalue weighted by atomic mass is 16.3. The van der Waals surface area contributed by atoms with Crippen LogP contribution >= 0.6 is 0 Å². The number of aliphatic hydroxyl groups is 2. The van der Waals surface area contributed by atoms with Gasteiger partial charge in [0.25, 0.3) is 0 Å². The van der Waals surface area contributed by atoms with E-state index in [4.69, 9.17) is 5.11 Å². The van der Waals surface area contributed by atoms with Gasteiger partial charge in [-0.05, 0) is 33.4 Å². The number of aliphatic hydroxyl groups excluding tert-OH is 2. The average molecular weight is 232 g/mol. The summed E-state index contributed by atoms with van der Waals surface area (Å²) in [6.45, 7) is 11.6. The zero-order chi connectivity index (χ0) is 12.6. The van der Waals surface area contributed by atoms with Crippen LogP contribution in [-0.2, 0) is 0 Å². The van der Waals surface area contributed by atoms with E-state index < -0.39 is 0 Å². The molecule has 1 atom stereocenters. The van der Waals surface area contributed by atoms with Gasteiger partial charge in [0.1, 0.15) is 0 Å². The fraction of sp³-hybridized carbons (Fsp3) is 1.00. The van der Waals surface area contributed by atoms with Crippen molar-refractivity contribution in [2.75, 3.05) is 32.8 Å². The van der Waals surface area contributed by atoms with Crippen molar-refractivity contribution in [2.24, 2.45) is 0 Å². The molecule has 4 nitrogen and oxygen atoms in total. The number of nitrogens with one attached hydrogen (secondary N) is 1. The summed E-state index contributed by atoms with van der Waals surface area (Å²) >= 11 is 0. The van der Waals surface area contributed by atoms with E-state index in [-0.39, 0.29) is 18.2 Å². The van der Waals surface area contributed by atoms with Crippen molar-refractivity contribution in [2.45, 2.75) is 45.8 Å². The molecule has 0 bridgehead atoms. The normalized spacial score (nSPS) is 14.4. The van der Waals surface area contributed by atoms with Crippen molar-refractivity contribution in [1.29, 1.82) is 0 Å². The lowest BCUT2D eigenvalue weighted by Crippen LogP contribution is -2.46. The van der Waals surface area contributed by atoms with E-state index in [1.165, 1.54) is 0 Å². The molecule has 16 heavy (non-hydrogen) atoms. The molecule has 0 saturated heterocycles. The summed E-state index contributed by atoms with van der Waals surface area (Å²) in [5.74, 6) is 0. The SMILES string of the molecule is CCN(CC)CC(O)CNC(C)(C)CCO. The lowest BCUT2D eigenvalue weighted by molar-refractivity contribution is 0.106. The van der Waals surface area contributed by atoms with E-state index in [1.54, 1.807) is 0 Å². The number of rotatable bonds is 9. The molecule has 0 fully saturated rings. The maximum atomic E-state index is 9.85. The lowest BCUT2D eigenvalue weighted by Gasteiger charge is -2.28. The second-order valence-corrected chi connectivity index (χ2v) is 4.88. The van der Waals surface area contributed by atoms with Crippen LogP contribution in [0.4, 0.5) is 0 Å². The highest BCUT2D eigenvalue weighted by molar-refractivity contribution is 4.79. The zero-order valence-electron chi connectivity index (χ0n) is 11.2. The summed E-state index contributed by atoms with van der Waals surface area (Å²) in [5.41, 5.74) is -0.112. The minimum absolute atomic E-state index is 0.112. The molecular weight excluding hydrogens is 204 g/mol. The summed E-state index contributed by atoms with van der Waals surface area (Å²) < 4.78 is 0. The molecule has 0 aliphatic carbocycles. The van der Waals surface area contributed by atoms with Crippen LogP contribution in [0, 0.1) is 0 Å². The van der Waals surface area contributed by atoms with Crippen LogP contribution in [0.1, 0.15) is 34.1 Å². The lowest BCUT2D eigenvalue weighted by atomic mass is 10.0. The molecule has 0 aromatic carbocycles. The zero-order valence-corrected chi connectivity index (χ0v) is 11.2. The first-order chi connectivity index (χ1) is 7.45. The second-order valence-electron chi connectivity index (χ2n) is 4.88. The Balaban J connectivity index is 3.83. The quantitative estimate of drug-likeness (QED) is 0.540. The van der Waals surface area contributed by atoms with Gasteiger partial charge in [0.15, 0.2) is 0 Å². The summed E-state index contributed by atoms with van der Waals surface area (Å²) in [4.78, 5) is 2.20. The van der Waals surface area contributed by atoms with E-state index in [9.17, 15) is 5.11 Å². The Morgan fingerprint density at radius 3 is 2.25 bits per heavy atom. The van der Waals surface area contributed by atoms with E-state index in [0.717, 1.165) is 13.1 Å². The minimum Gasteiger partial charge on any atom is -0.396 e. The van der Waals surface area contributed by atoms with Gasteiger partial charge in [-0.2, -0.15) is 0 Å². The number of likely N-dealkylation sites (N-methyl/N-ethyl adjacent to an activating group) is 1. The molecular formula is C12H28N2O2. The van der Waals surface area contributed by atoms with Gasteiger partial charge in [0.05, 0.1) is 6.10 Å². The van der Waals surface area contributed by atoms with Crippen LogP contribution in [0.5, 0.6) is 0 Å². The molecule has 0 radical (unpaired) electrons. The maximum absolute atomic E-state index is 9.85. The maximum Gasteiger partial charge on any atom is 0.0791 e. The fourth-order valence-corrected chi connectivity index (χ4v) is 1.61. The first kappa shape index (κ1) is 15.8. The average Bonchev–Trinajstić information content (AvgIpc) is 2.23. The van der Waals surface area contributed by atoms with Gasteiger partial charge in [-0.25, -0.2) is 0 Å². The molecule has 0 heterocycles. The van der Waals surface area contributed by atoms with Gasteiger partial charge in [-0.15, -0.1) is 0 Å². The summed E-state index contributed by atoms with van der Waals surface area (Å²) in [7, 11) is 0. The van der Waals surface area contributed by atoms with Crippen LogP contribution in [-0.4, -0.2) is 59.5 Å². The third-order valence-electron chi connectivity index (χ3n) is 2.92. The molecule has 0 aliphatic heterocycles. The highest BCUT2D eigenvalue weighted by Gasteiger charge is 2.18. The number of hydrogen-bond donors (Lipinski definition) is 3. The molecule has 3 N–H and O–H groups in total. The number of nitrogens with zero attached hydrogens (tertiary/aromatic N) is 1. The Morgan fingerprint density at radius 1 is 1.25 bits per heavy atom. The number of β-amino-alcohol motifs (C(OH)–C–C–N with tert-alkyl or cyclic N) is 1. The van der Waals surface area contributed by atoms with Crippen molar-refractivity contribution in [3.63, 3.8) is 0 Å². The second kappa shape index (κ2) is 8.01. The van der Waals surface area contributed by atoms with Crippen LogP contribution in [0.3, 0.4) is 0 Å². The first-order valence-corrected chi connectivity index (χ1v) is 6.21. The van der Waals surface area contributed by atoms with Crippen molar-refractivity contribution in [3.05, 3.63) is 0 Å². The molecule has 0 saturated carbocycles. The molecule has 0 rings (SSSR count). The van der Waals surface area contributed by atoms with Gasteiger partial charge >= 0.3 is 0 Å². The summed E-state index contributed by atoms with van der Waals surface area (Å²) in [6.07, 6.45) is 0.350. The van der Waals surface area contributed by atoms with Crippen LogP contribution in [0.15, 0.2) is 0 Å². The standard InChI is InChI=1S/C12H28N2O2/c1-5-14(6-2)10-11(16)9-13-12(3,4)7-8-15/h11,13,15-16H,5-10H2,1-4H3. The molecule has 4 heteroatoms. The number of hydrogen-bond acceptors (Lipinski definition) is 4. The van der Waals surface area contributed by atoms with Gasteiger partial charge in [0, 0.05) is 25.2 Å². The Kier molecular flexibility index (Phi) is 7.93.